The topological polar surface area (TPSA) is 81.2 Å². The van der Waals surface area contributed by atoms with E-state index in [9.17, 15) is 15.8 Å². The number of aromatic nitrogens is 2. The third kappa shape index (κ3) is 4.31. The second-order valence-electron chi connectivity index (χ2n) is 12.3. The average Bonchev–Trinajstić information content (AvgIpc) is 3.70. The fraction of sp³-hybridized carbons (Fsp3) is 0. The average molecular weight is 636 g/mol. The predicted octanol–water partition coefficient (Wildman–Crippen LogP) is 10.8. The van der Waals surface area contributed by atoms with Gasteiger partial charge in [0, 0.05) is 32.8 Å². The molecule has 0 unspecified atom stereocenters. The van der Waals surface area contributed by atoms with Crippen molar-refractivity contribution in [2.24, 2.45) is 0 Å². The minimum Gasteiger partial charge on any atom is -0.309 e. The van der Waals surface area contributed by atoms with Gasteiger partial charge in [0.05, 0.1) is 56.6 Å². The molecule has 0 aliphatic rings. The Balaban J connectivity index is 1.30. The Kier molecular flexibility index (Phi) is 6.56. The highest BCUT2D eigenvalue weighted by molar-refractivity contribution is 6.12. The van der Waals surface area contributed by atoms with E-state index in [4.69, 9.17) is 0 Å². The van der Waals surface area contributed by atoms with Crippen molar-refractivity contribution >= 4 is 43.6 Å². The van der Waals surface area contributed by atoms with Crippen LogP contribution in [-0.2, 0) is 0 Å². The second-order valence-corrected chi connectivity index (χ2v) is 12.3. The lowest BCUT2D eigenvalue weighted by molar-refractivity contribution is 1.17. The van der Waals surface area contributed by atoms with Crippen LogP contribution in [0.3, 0.4) is 0 Å². The number of benzene rings is 7. The third-order valence-corrected chi connectivity index (χ3v) is 9.62. The summed E-state index contributed by atoms with van der Waals surface area (Å²) in [6.07, 6.45) is 0. The molecule has 0 spiro atoms. The second kappa shape index (κ2) is 11.4. The quantitative estimate of drug-likeness (QED) is 0.193. The lowest BCUT2D eigenvalue weighted by Crippen LogP contribution is -2.00. The molecule has 9 aromatic rings. The van der Waals surface area contributed by atoms with Gasteiger partial charge in [0.15, 0.2) is 0 Å². The summed E-state index contributed by atoms with van der Waals surface area (Å²) in [5.41, 5.74) is 11.5. The van der Waals surface area contributed by atoms with E-state index in [0.717, 1.165) is 77.2 Å². The molecule has 50 heavy (non-hydrogen) atoms. The highest BCUT2D eigenvalue weighted by Crippen LogP contribution is 2.41. The van der Waals surface area contributed by atoms with Crippen molar-refractivity contribution in [1.82, 2.24) is 9.13 Å². The monoisotopic (exact) mass is 635 g/mol. The van der Waals surface area contributed by atoms with Crippen molar-refractivity contribution in [1.29, 1.82) is 15.8 Å². The van der Waals surface area contributed by atoms with Crippen molar-refractivity contribution in [2.45, 2.75) is 0 Å². The van der Waals surface area contributed by atoms with Gasteiger partial charge in [-0.05, 0) is 83.4 Å². The number of rotatable bonds is 4. The van der Waals surface area contributed by atoms with E-state index in [1.807, 2.05) is 84.9 Å². The van der Waals surface area contributed by atoms with Gasteiger partial charge in [-0.2, -0.15) is 15.8 Å². The van der Waals surface area contributed by atoms with Crippen molar-refractivity contribution in [3.63, 3.8) is 0 Å². The lowest BCUT2D eigenvalue weighted by Gasteiger charge is -2.18. The summed E-state index contributed by atoms with van der Waals surface area (Å²) >= 11 is 0. The highest BCUT2D eigenvalue weighted by atomic mass is 15.0. The summed E-state index contributed by atoms with van der Waals surface area (Å²) in [5, 5.41) is 34.1. The molecule has 2 aromatic heterocycles. The summed E-state index contributed by atoms with van der Waals surface area (Å²) in [5.74, 6) is 0. The highest BCUT2D eigenvalue weighted by Gasteiger charge is 2.20. The van der Waals surface area contributed by atoms with Gasteiger partial charge in [0.2, 0.25) is 0 Å². The molecule has 0 bridgehead atoms. The largest absolute Gasteiger partial charge is 0.309 e. The zero-order valence-electron chi connectivity index (χ0n) is 26.7. The molecule has 0 N–H and O–H groups in total. The molecule has 0 radical (unpaired) electrons. The van der Waals surface area contributed by atoms with Crippen LogP contribution in [0.2, 0.25) is 0 Å². The maximum Gasteiger partial charge on any atom is 0.101 e. The minimum absolute atomic E-state index is 0.551. The standard InChI is InChI=1S/C45H25N5/c46-26-29-20-22-44(50-42-18-6-3-14-36(42)38-16-8-10-32(28-48)45(38)50)39(23-29)35-13-2-1-12-34(35)31-9-7-11-33(25-31)49-41-17-5-4-15-37(41)40-24-30(27-47)19-21-43(40)49/h1-25H. The normalized spacial score (nSPS) is 11.1. The first-order valence-corrected chi connectivity index (χ1v) is 16.3. The van der Waals surface area contributed by atoms with Crippen LogP contribution >= 0.6 is 0 Å². The number of fused-ring (bicyclic) bond motifs is 6. The van der Waals surface area contributed by atoms with Crippen molar-refractivity contribution in [2.75, 3.05) is 0 Å². The van der Waals surface area contributed by atoms with Crippen LogP contribution in [0.25, 0.3) is 77.2 Å². The van der Waals surface area contributed by atoms with Gasteiger partial charge in [0.25, 0.3) is 0 Å². The molecule has 0 atom stereocenters. The minimum atomic E-state index is 0.551. The molecular weight excluding hydrogens is 611 g/mol. The Labute approximate surface area is 287 Å². The van der Waals surface area contributed by atoms with Gasteiger partial charge < -0.3 is 9.13 Å². The molecule has 7 aromatic carbocycles. The Hall–Kier alpha value is -7.39. The number of para-hydroxylation sites is 3. The molecule has 0 aliphatic carbocycles. The van der Waals surface area contributed by atoms with Crippen LogP contribution in [0.1, 0.15) is 16.7 Å². The first-order valence-electron chi connectivity index (χ1n) is 16.3. The zero-order chi connectivity index (χ0) is 33.8. The van der Waals surface area contributed by atoms with Crippen LogP contribution in [0.15, 0.2) is 152 Å². The van der Waals surface area contributed by atoms with E-state index in [-0.39, 0.29) is 0 Å². The molecular formula is C45H25N5. The Bertz CT molecular complexity index is 2970. The van der Waals surface area contributed by atoms with E-state index in [0.29, 0.717) is 16.7 Å². The molecule has 2 heterocycles. The van der Waals surface area contributed by atoms with Crippen LogP contribution in [0.5, 0.6) is 0 Å². The molecule has 0 saturated carbocycles. The van der Waals surface area contributed by atoms with Crippen LogP contribution in [-0.4, -0.2) is 9.13 Å². The van der Waals surface area contributed by atoms with Gasteiger partial charge in [0.1, 0.15) is 6.07 Å². The summed E-state index contributed by atoms with van der Waals surface area (Å²) in [7, 11) is 0. The molecule has 5 nitrogen and oxygen atoms in total. The predicted molar refractivity (Wildman–Crippen MR) is 200 cm³/mol. The van der Waals surface area contributed by atoms with E-state index >= 15 is 0 Å². The summed E-state index contributed by atoms with van der Waals surface area (Å²) < 4.78 is 4.42. The SMILES string of the molecule is N#Cc1ccc(-n2c3ccccc3c3cccc(C#N)c32)c(-c2ccccc2-c2cccc(-n3c4ccccc4c4cc(C#N)ccc43)c2)c1. The van der Waals surface area contributed by atoms with E-state index in [1.54, 1.807) is 0 Å². The van der Waals surface area contributed by atoms with E-state index < -0.39 is 0 Å². The van der Waals surface area contributed by atoms with Gasteiger partial charge >= 0.3 is 0 Å². The summed E-state index contributed by atoms with van der Waals surface area (Å²) in [4.78, 5) is 0. The van der Waals surface area contributed by atoms with Crippen LogP contribution in [0, 0.1) is 34.0 Å². The maximum atomic E-state index is 10.2. The first-order chi connectivity index (χ1) is 24.7. The van der Waals surface area contributed by atoms with Crippen molar-refractivity contribution < 1.29 is 0 Å². The fourth-order valence-corrected chi connectivity index (χ4v) is 7.48. The molecule has 230 valence electrons. The van der Waals surface area contributed by atoms with Gasteiger partial charge in [-0.25, -0.2) is 0 Å². The van der Waals surface area contributed by atoms with Crippen LogP contribution < -0.4 is 0 Å². The third-order valence-electron chi connectivity index (χ3n) is 9.62. The van der Waals surface area contributed by atoms with Crippen LogP contribution in [0.4, 0.5) is 0 Å². The maximum absolute atomic E-state index is 10.2. The van der Waals surface area contributed by atoms with E-state index in [1.165, 1.54) is 0 Å². The van der Waals surface area contributed by atoms with Gasteiger partial charge in [-0.3, -0.25) is 0 Å². The Morgan fingerprint density at radius 2 is 1.02 bits per heavy atom. The summed E-state index contributed by atoms with van der Waals surface area (Å²) in [6, 6.07) is 57.8. The molecule has 5 heteroatoms. The molecule has 9 rings (SSSR count). The lowest BCUT2D eigenvalue weighted by atomic mass is 9.92. The van der Waals surface area contributed by atoms with Gasteiger partial charge in [-0.15, -0.1) is 0 Å². The first kappa shape index (κ1) is 28.8. The van der Waals surface area contributed by atoms with Gasteiger partial charge in [-0.1, -0.05) is 84.9 Å². The smallest absolute Gasteiger partial charge is 0.101 e. The molecule has 0 fully saturated rings. The molecule has 0 aliphatic heterocycles. The Morgan fingerprint density at radius 1 is 0.400 bits per heavy atom. The molecule has 0 saturated heterocycles. The number of nitrogens with zero attached hydrogens (tertiary/aromatic N) is 5. The number of hydrogen-bond acceptors (Lipinski definition) is 3. The number of hydrogen-bond donors (Lipinski definition) is 0. The van der Waals surface area contributed by atoms with Crippen molar-refractivity contribution in [3.05, 3.63) is 168 Å². The number of nitriles is 3. The molecule has 0 amide bonds. The zero-order valence-corrected chi connectivity index (χ0v) is 26.7. The van der Waals surface area contributed by atoms with Crippen molar-refractivity contribution in [3.8, 4) is 51.8 Å². The summed E-state index contributed by atoms with van der Waals surface area (Å²) in [6.45, 7) is 0. The fourth-order valence-electron chi connectivity index (χ4n) is 7.48. The van der Waals surface area contributed by atoms with E-state index in [2.05, 4.69) is 94.1 Å². The Morgan fingerprint density at radius 3 is 1.80 bits per heavy atom.